The van der Waals surface area contributed by atoms with E-state index >= 15 is 0 Å². The Balaban J connectivity index is 1.83. The maximum Gasteiger partial charge on any atom is 0.274 e. The highest BCUT2D eigenvalue weighted by Crippen LogP contribution is 2.25. The Bertz CT molecular complexity index is 994. The largest absolute Gasteiger partial charge is 0.292 e. The molecule has 1 unspecified atom stereocenters. The van der Waals surface area contributed by atoms with E-state index in [-0.39, 0.29) is 11.5 Å². The van der Waals surface area contributed by atoms with Crippen molar-refractivity contribution in [3.63, 3.8) is 0 Å². The number of nitrogens with zero attached hydrogens (tertiary/aromatic N) is 4. The molecule has 7 nitrogen and oxygen atoms in total. The number of nitrogens with one attached hydrogen (secondary N) is 1. The van der Waals surface area contributed by atoms with Crippen LogP contribution in [0.2, 0.25) is 0 Å². The fourth-order valence-corrected chi connectivity index (χ4v) is 2.47. The van der Waals surface area contributed by atoms with Crippen LogP contribution in [0.5, 0.6) is 0 Å². The van der Waals surface area contributed by atoms with Crippen LogP contribution in [0.1, 0.15) is 6.17 Å². The molecule has 0 spiro atoms. The van der Waals surface area contributed by atoms with Gasteiger partial charge < -0.3 is 0 Å². The number of hydrogen-bond acceptors (Lipinski definition) is 5. The van der Waals surface area contributed by atoms with Gasteiger partial charge in [0.25, 0.3) is 11.5 Å². The first-order valence-corrected chi connectivity index (χ1v) is 7.02. The third-order valence-electron chi connectivity index (χ3n) is 3.56. The average Bonchev–Trinajstić information content (AvgIpc) is 2.89. The molecule has 2 heterocycles. The van der Waals surface area contributed by atoms with Crippen LogP contribution >= 0.6 is 0 Å². The second-order valence-corrected chi connectivity index (χ2v) is 5.04. The van der Waals surface area contributed by atoms with Gasteiger partial charge in [-0.3, -0.25) is 14.9 Å². The molecule has 0 fully saturated rings. The summed E-state index contributed by atoms with van der Waals surface area (Å²) in [6.45, 7) is 0. The summed E-state index contributed by atoms with van der Waals surface area (Å²) in [5.41, 5.74) is 0.821. The van der Waals surface area contributed by atoms with E-state index in [0.29, 0.717) is 16.6 Å². The van der Waals surface area contributed by atoms with E-state index in [4.69, 9.17) is 0 Å². The van der Waals surface area contributed by atoms with Crippen LogP contribution in [0, 0.1) is 0 Å². The van der Waals surface area contributed by atoms with Gasteiger partial charge in [0, 0.05) is 0 Å². The lowest BCUT2D eigenvalue weighted by molar-refractivity contribution is -0.118. The molecule has 3 aromatic rings. The molecule has 2 aromatic carbocycles. The number of benzene rings is 2. The van der Waals surface area contributed by atoms with Crippen molar-refractivity contribution in [3.8, 4) is 0 Å². The number of rotatable bonds is 2. The van der Waals surface area contributed by atoms with Crippen LogP contribution in [0.25, 0.3) is 10.9 Å². The summed E-state index contributed by atoms with van der Waals surface area (Å²) < 4.78 is 1.23. The lowest BCUT2D eigenvalue weighted by Crippen LogP contribution is -2.23. The van der Waals surface area contributed by atoms with Crippen molar-refractivity contribution < 1.29 is 4.79 Å². The molecule has 1 amide bonds. The van der Waals surface area contributed by atoms with Crippen LogP contribution in [0.15, 0.2) is 69.6 Å². The van der Waals surface area contributed by atoms with Crippen LogP contribution < -0.4 is 10.9 Å². The quantitative estimate of drug-likeness (QED) is 0.738. The van der Waals surface area contributed by atoms with Gasteiger partial charge in [-0.05, 0) is 24.3 Å². The molecule has 0 radical (unpaired) electrons. The zero-order valence-corrected chi connectivity index (χ0v) is 11.9. The van der Waals surface area contributed by atoms with E-state index in [1.165, 1.54) is 4.57 Å². The molecule has 1 aliphatic rings. The molecule has 1 atom stereocenters. The third kappa shape index (κ3) is 2.18. The van der Waals surface area contributed by atoms with E-state index < -0.39 is 12.1 Å². The zero-order valence-electron chi connectivity index (χ0n) is 11.9. The topological polar surface area (TPSA) is 88.7 Å². The summed E-state index contributed by atoms with van der Waals surface area (Å²) >= 11 is 0. The Labute approximate surface area is 130 Å². The Morgan fingerprint density at radius 1 is 1.00 bits per heavy atom. The number of anilines is 1. The molecule has 0 aliphatic carbocycles. The maximum absolute atomic E-state index is 12.6. The SMILES string of the molecule is O=C1Nc2nc3ccccc3c(=O)n2C1N=Nc1ccccc1. The minimum Gasteiger partial charge on any atom is -0.292 e. The Kier molecular flexibility index (Phi) is 2.97. The number of aromatic nitrogens is 2. The second kappa shape index (κ2) is 5.13. The lowest BCUT2D eigenvalue weighted by atomic mass is 10.2. The number of fused-ring (bicyclic) bond motifs is 2. The Morgan fingerprint density at radius 2 is 1.74 bits per heavy atom. The van der Waals surface area contributed by atoms with Crippen LogP contribution in [0.4, 0.5) is 11.6 Å². The molecule has 0 saturated carbocycles. The molecular formula is C16H11N5O2. The minimum absolute atomic E-state index is 0.190. The zero-order chi connectivity index (χ0) is 15.8. The number of carbonyl (C=O) groups excluding carboxylic acids is 1. The summed E-state index contributed by atoms with van der Waals surface area (Å²) in [4.78, 5) is 29.0. The van der Waals surface area contributed by atoms with Crippen LogP contribution in [-0.2, 0) is 4.79 Å². The first-order chi connectivity index (χ1) is 11.2. The van der Waals surface area contributed by atoms with Crippen molar-refractivity contribution in [2.75, 3.05) is 5.32 Å². The van der Waals surface area contributed by atoms with E-state index in [2.05, 4.69) is 20.5 Å². The number of amides is 1. The van der Waals surface area contributed by atoms with Gasteiger partial charge in [-0.25, -0.2) is 9.55 Å². The van der Waals surface area contributed by atoms with Crippen molar-refractivity contribution >= 4 is 28.4 Å². The fourth-order valence-electron chi connectivity index (χ4n) is 2.47. The summed E-state index contributed by atoms with van der Waals surface area (Å²) in [6.07, 6.45) is -1.05. The summed E-state index contributed by atoms with van der Waals surface area (Å²) in [5, 5.41) is 11.1. The van der Waals surface area contributed by atoms with Gasteiger partial charge in [-0.15, -0.1) is 0 Å². The third-order valence-corrected chi connectivity index (χ3v) is 3.56. The predicted octanol–water partition coefficient (Wildman–Crippen LogP) is 2.63. The monoisotopic (exact) mass is 305 g/mol. The normalized spacial score (nSPS) is 16.7. The van der Waals surface area contributed by atoms with Crippen molar-refractivity contribution in [1.29, 1.82) is 0 Å². The van der Waals surface area contributed by atoms with Gasteiger partial charge >= 0.3 is 0 Å². The smallest absolute Gasteiger partial charge is 0.274 e. The van der Waals surface area contributed by atoms with Gasteiger partial charge in [0.2, 0.25) is 12.1 Å². The minimum atomic E-state index is -1.05. The second-order valence-electron chi connectivity index (χ2n) is 5.04. The maximum atomic E-state index is 12.6. The van der Waals surface area contributed by atoms with Gasteiger partial charge in [0.1, 0.15) is 0 Å². The molecule has 4 rings (SSSR count). The molecule has 1 aliphatic heterocycles. The fraction of sp³-hybridized carbons (Fsp3) is 0.0625. The van der Waals surface area contributed by atoms with Crippen LogP contribution in [0.3, 0.4) is 0 Å². The average molecular weight is 305 g/mol. The number of hydrogen-bond donors (Lipinski definition) is 1. The Hall–Kier alpha value is -3.35. The molecule has 0 bridgehead atoms. The molecule has 112 valence electrons. The standard InChI is InChI=1S/C16H11N5O2/c22-14-13(20-19-10-6-2-1-3-7-10)21-15(23)11-8-4-5-9-12(11)17-16(21)18-14/h1-9,13H,(H,17,18,22). The van der Waals surface area contributed by atoms with Crippen molar-refractivity contribution in [2.24, 2.45) is 10.2 Å². The first kappa shape index (κ1) is 13.3. The van der Waals surface area contributed by atoms with Gasteiger partial charge in [-0.1, -0.05) is 30.3 Å². The Morgan fingerprint density at radius 3 is 2.57 bits per heavy atom. The molecular weight excluding hydrogens is 294 g/mol. The van der Waals surface area contributed by atoms with E-state index in [9.17, 15) is 9.59 Å². The van der Waals surface area contributed by atoms with E-state index in [1.807, 2.05) is 18.2 Å². The van der Waals surface area contributed by atoms with Gasteiger partial charge in [0.15, 0.2) is 0 Å². The highest BCUT2D eigenvalue weighted by Gasteiger charge is 2.33. The van der Waals surface area contributed by atoms with E-state index in [0.717, 1.165) is 0 Å². The molecule has 1 N–H and O–H groups in total. The van der Waals surface area contributed by atoms with Crippen molar-refractivity contribution in [2.45, 2.75) is 6.17 Å². The molecule has 1 aromatic heterocycles. The highest BCUT2D eigenvalue weighted by molar-refractivity contribution is 5.97. The van der Waals surface area contributed by atoms with Crippen molar-refractivity contribution in [3.05, 3.63) is 65.0 Å². The molecule has 23 heavy (non-hydrogen) atoms. The van der Waals surface area contributed by atoms with Crippen molar-refractivity contribution in [1.82, 2.24) is 9.55 Å². The first-order valence-electron chi connectivity index (χ1n) is 7.02. The predicted molar refractivity (Wildman–Crippen MR) is 84.6 cm³/mol. The van der Waals surface area contributed by atoms with E-state index in [1.54, 1.807) is 36.4 Å². The number of para-hydroxylation sites is 1. The number of carbonyl (C=O) groups is 1. The highest BCUT2D eigenvalue weighted by atomic mass is 16.2. The summed E-state index contributed by atoms with van der Waals surface area (Å²) in [7, 11) is 0. The molecule has 0 saturated heterocycles. The lowest BCUT2D eigenvalue weighted by Gasteiger charge is -2.06. The van der Waals surface area contributed by atoms with Gasteiger partial charge in [0.05, 0.1) is 16.6 Å². The van der Waals surface area contributed by atoms with Gasteiger partial charge in [-0.2, -0.15) is 10.2 Å². The summed E-state index contributed by atoms with van der Waals surface area (Å²) in [6, 6.07) is 16.0. The molecule has 7 heteroatoms. The van der Waals surface area contributed by atoms with Crippen LogP contribution in [-0.4, -0.2) is 15.5 Å². The summed E-state index contributed by atoms with van der Waals surface area (Å²) in [5.74, 6) is -0.236. The number of azo groups is 1.